The Bertz CT molecular complexity index is 1950. The molecule has 0 aliphatic carbocycles. The fourth-order valence-electron chi connectivity index (χ4n) is 6.54. The standard InChI is InChI=1S/C43H47N3O6/c1-4-50-41(48)26-45-43(49)44-25-31-8-7-11-37(22-31)33-16-19-35(20-17-33)42-51-39(24-40(52-42)34-14-12-30(28-47)13-15-34)27-46(3)29(2)36-21-18-32-9-5-6-10-38(32)23-36/h5-23,29,39-40,42,47H,4,24-28H2,1-3H3,(H2,44,45,49)/t29-,39-,40+,42+/m1/s1. The highest BCUT2D eigenvalue weighted by atomic mass is 16.7. The lowest BCUT2D eigenvalue weighted by Gasteiger charge is -2.39. The van der Waals surface area contributed by atoms with E-state index in [1.54, 1.807) is 6.92 Å². The number of nitrogens with one attached hydrogen (secondary N) is 2. The average Bonchev–Trinajstić information content (AvgIpc) is 3.19. The lowest BCUT2D eigenvalue weighted by molar-refractivity contribution is -0.253. The van der Waals surface area contributed by atoms with Crippen LogP contribution in [0.3, 0.4) is 0 Å². The molecule has 1 fully saturated rings. The molecule has 1 saturated heterocycles. The number of urea groups is 1. The van der Waals surface area contributed by atoms with E-state index in [4.69, 9.17) is 14.2 Å². The highest BCUT2D eigenvalue weighted by Gasteiger charge is 2.33. The van der Waals surface area contributed by atoms with E-state index in [0.717, 1.165) is 39.9 Å². The normalized spacial score (nSPS) is 17.8. The Morgan fingerprint density at radius 2 is 1.58 bits per heavy atom. The third-order valence-electron chi connectivity index (χ3n) is 9.62. The largest absolute Gasteiger partial charge is 0.465 e. The van der Waals surface area contributed by atoms with Crippen molar-refractivity contribution in [3.8, 4) is 11.1 Å². The highest BCUT2D eigenvalue weighted by Crippen LogP contribution is 2.39. The van der Waals surface area contributed by atoms with Gasteiger partial charge in [-0.05, 0) is 77.2 Å². The highest BCUT2D eigenvalue weighted by molar-refractivity contribution is 5.83. The van der Waals surface area contributed by atoms with Gasteiger partial charge in [0.05, 0.1) is 25.4 Å². The number of fused-ring (bicyclic) bond motifs is 1. The molecule has 1 aliphatic rings. The molecule has 1 aliphatic heterocycles. The van der Waals surface area contributed by atoms with Crippen LogP contribution in [0.2, 0.25) is 0 Å². The van der Waals surface area contributed by atoms with Crippen LogP contribution >= 0.6 is 0 Å². The SMILES string of the molecule is CCOC(=O)CNC(=O)NCc1cccc(-c2ccc([C@H]3O[C@@H](CN(C)[C@H](C)c4ccc5ccccc5c4)C[C@@H](c4ccc(CO)cc4)O3)cc2)c1. The van der Waals surface area contributed by atoms with E-state index in [0.29, 0.717) is 13.0 Å². The first kappa shape index (κ1) is 36.7. The van der Waals surface area contributed by atoms with Crippen molar-refractivity contribution in [2.45, 2.75) is 58.0 Å². The number of benzene rings is 5. The first-order valence-corrected chi connectivity index (χ1v) is 17.9. The van der Waals surface area contributed by atoms with Crippen LogP contribution < -0.4 is 10.6 Å². The summed E-state index contributed by atoms with van der Waals surface area (Å²) in [6, 6.07) is 39.0. The zero-order chi connectivity index (χ0) is 36.5. The molecule has 0 bridgehead atoms. The zero-order valence-electron chi connectivity index (χ0n) is 30.0. The van der Waals surface area contributed by atoms with Crippen LogP contribution in [0.15, 0.2) is 115 Å². The predicted molar refractivity (Wildman–Crippen MR) is 202 cm³/mol. The fourth-order valence-corrected chi connectivity index (χ4v) is 6.54. The van der Waals surface area contributed by atoms with Gasteiger partial charge in [0.1, 0.15) is 6.54 Å². The van der Waals surface area contributed by atoms with Gasteiger partial charge in [-0.15, -0.1) is 0 Å². The number of ether oxygens (including phenoxy) is 3. The maximum absolute atomic E-state index is 12.2. The van der Waals surface area contributed by atoms with Gasteiger partial charge >= 0.3 is 12.0 Å². The van der Waals surface area contributed by atoms with Gasteiger partial charge in [-0.3, -0.25) is 9.69 Å². The quantitative estimate of drug-likeness (QED) is 0.109. The fraction of sp³-hybridized carbons (Fsp3) is 0.302. The second-order valence-corrected chi connectivity index (χ2v) is 13.2. The Labute approximate surface area is 305 Å². The van der Waals surface area contributed by atoms with Crippen LogP contribution in [0.4, 0.5) is 4.79 Å². The van der Waals surface area contributed by atoms with E-state index in [2.05, 4.69) is 84.1 Å². The second kappa shape index (κ2) is 17.4. The van der Waals surface area contributed by atoms with Gasteiger partial charge in [0.15, 0.2) is 6.29 Å². The van der Waals surface area contributed by atoms with Crippen molar-refractivity contribution < 1.29 is 28.9 Å². The molecule has 0 aromatic heterocycles. The van der Waals surface area contributed by atoms with Crippen LogP contribution in [0, 0.1) is 0 Å². The van der Waals surface area contributed by atoms with Gasteiger partial charge in [0.25, 0.3) is 0 Å². The summed E-state index contributed by atoms with van der Waals surface area (Å²) in [7, 11) is 2.15. The average molecular weight is 702 g/mol. The van der Waals surface area contributed by atoms with Crippen LogP contribution in [0.5, 0.6) is 0 Å². The van der Waals surface area contributed by atoms with Gasteiger partial charge in [0, 0.05) is 31.1 Å². The van der Waals surface area contributed by atoms with Crippen LogP contribution in [0.25, 0.3) is 21.9 Å². The number of hydrogen-bond donors (Lipinski definition) is 3. The lowest BCUT2D eigenvalue weighted by atomic mass is 9.98. The molecule has 3 N–H and O–H groups in total. The van der Waals surface area contributed by atoms with Crippen LogP contribution in [-0.2, 0) is 32.2 Å². The number of esters is 1. The summed E-state index contributed by atoms with van der Waals surface area (Å²) in [5, 5.41) is 17.4. The molecule has 5 aromatic carbocycles. The summed E-state index contributed by atoms with van der Waals surface area (Å²) < 4.78 is 18.2. The van der Waals surface area contributed by atoms with E-state index < -0.39 is 18.3 Å². The molecule has 0 spiro atoms. The molecular formula is C43H47N3O6. The molecule has 2 amide bonds. The summed E-state index contributed by atoms with van der Waals surface area (Å²) in [5.74, 6) is -0.478. The molecule has 1 heterocycles. The van der Waals surface area contributed by atoms with Gasteiger partial charge in [0.2, 0.25) is 0 Å². The van der Waals surface area contributed by atoms with Crippen molar-refractivity contribution in [3.05, 3.63) is 143 Å². The van der Waals surface area contributed by atoms with E-state index in [-0.39, 0.29) is 38.0 Å². The molecule has 270 valence electrons. The molecule has 0 radical (unpaired) electrons. The molecule has 5 aromatic rings. The van der Waals surface area contributed by atoms with Gasteiger partial charge in [-0.25, -0.2) is 4.79 Å². The number of amides is 2. The Hall–Kier alpha value is -5.06. The molecule has 9 nitrogen and oxygen atoms in total. The minimum Gasteiger partial charge on any atom is -0.465 e. The smallest absolute Gasteiger partial charge is 0.325 e. The molecule has 52 heavy (non-hydrogen) atoms. The summed E-state index contributed by atoms with van der Waals surface area (Å²) in [4.78, 5) is 26.0. The number of nitrogens with zero attached hydrogens (tertiary/aromatic N) is 1. The van der Waals surface area contributed by atoms with Crippen molar-refractivity contribution in [2.24, 2.45) is 0 Å². The number of carbonyl (C=O) groups is 2. The Balaban J connectivity index is 1.14. The monoisotopic (exact) mass is 701 g/mol. The maximum atomic E-state index is 12.2. The topological polar surface area (TPSA) is 109 Å². The number of aliphatic hydroxyl groups excluding tert-OH is 1. The third-order valence-corrected chi connectivity index (χ3v) is 9.62. The van der Waals surface area contributed by atoms with E-state index >= 15 is 0 Å². The second-order valence-electron chi connectivity index (χ2n) is 13.2. The molecule has 4 atom stereocenters. The third kappa shape index (κ3) is 9.43. The molecule has 0 unspecified atom stereocenters. The summed E-state index contributed by atoms with van der Waals surface area (Å²) in [5.41, 5.74) is 7.04. The summed E-state index contributed by atoms with van der Waals surface area (Å²) in [6.45, 7) is 5.06. The Kier molecular flexibility index (Phi) is 12.3. The van der Waals surface area contributed by atoms with Crippen molar-refractivity contribution in [1.82, 2.24) is 15.5 Å². The number of aliphatic hydroxyl groups is 1. The number of carbonyl (C=O) groups excluding carboxylic acids is 2. The molecule has 6 rings (SSSR count). The van der Waals surface area contributed by atoms with Crippen molar-refractivity contribution >= 4 is 22.8 Å². The molecule has 9 heteroatoms. The predicted octanol–water partition coefficient (Wildman–Crippen LogP) is 7.60. The first-order valence-electron chi connectivity index (χ1n) is 17.9. The number of likely N-dealkylation sites (N-methyl/N-ethyl adjacent to an activating group) is 1. The Morgan fingerprint density at radius 3 is 2.33 bits per heavy atom. The summed E-state index contributed by atoms with van der Waals surface area (Å²) >= 11 is 0. The van der Waals surface area contributed by atoms with Crippen molar-refractivity contribution in [3.63, 3.8) is 0 Å². The van der Waals surface area contributed by atoms with Crippen LogP contribution in [-0.4, -0.2) is 54.9 Å². The number of rotatable bonds is 13. The lowest BCUT2D eigenvalue weighted by Crippen LogP contribution is -2.38. The van der Waals surface area contributed by atoms with Gasteiger partial charge in [-0.1, -0.05) is 103 Å². The van der Waals surface area contributed by atoms with E-state index in [9.17, 15) is 14.7 Å². The zero-order valence-corrected chi connectivity index (χ0v) is 30.0. The van der Waals surface area contributed by atoms with E-state index in [1.807, 2.05) is 60.7 Å². The van der Waals surface area contributed by atoms with Gasteiger partial charge in [-0.2, -0.15) is 0 Å². The van der Waals surface area contributed by atoms with Crippen LogP contribution in [0.1, 0.15) is 66.5 Å². The first-order chi connectivity index (χ1) is 25.3. The maximum Gasteiger partial charge on any atom is 0.325 e. The van der Waals surface area contributed by atoms with Gasteiger partial charge < -0.3 is 30.0 Å². The molecule has 0 saturated carbocycles. The molecular weight excluding hydrogens is 654 g/mol. The minimum atomic E-state index is -0.566. The van der Waals surface area contributed by atoms with E-state index in [1.165, 1.54) is 16.3 Å². The Morgan fingerprint density at radius 1 is 0.827 bits per heavy atom. The van der Waals surface area contributed by atoms with Crippen molar-refractivity contribution in [1.29, 1.82) is 0 Å². The summed E-state index contributed by atoms with van der Waals surface area (Å²) in [6.07, 6.45) is -0.140. The minimum absolute atomic E-state index is 0.00412. The van der Waals surface area contributed by atoms with Crippen molar-refractivity contribution in [2.75, 3.05) is 26.7 Å². The number of hydrogen-bond acceptors (Lipinski definition) is 7.